The molecule has 0 aliphatic heterocycles. The fourth-order valence-electron chi connectivity index (χ4n) is 1.50. The molecule has 0 fully saturated rings. The minimum Gasteiger partial charge on any atom is -0.383 e. The van der Waals surface area contributed by atoms with E-state index in [0.717, 1.165) is 12.0 Å². The summed E-state index contributed by atoms with van der Waals surface area (Å²) >= 11 is 0. The summed E-state index contributed by atoms with van der Waals surface area (Å²) in [7, 11) is 1.53. The second kappa shape index (κ2) is 8.26. The molecule has 0 bridgehead atoms. The molecular formula is C14H20N2O3. The van der Waals surface area contributed by atoms with Crippen molar-refractivity contribution in [1.29, 1.82) is 0 Å². The number of methoxy groups -OCH3 is 1. The molecule has 0 aliphatic rings. The van der Waals surface area contributed by atoms with Gasteiger partial charge < -0.3 is 15.4 Å². The lowest BCUT2D eigenvalue weighted by molar-refractivity contribution is -0.139. The Morgan fingerprint density at radius 3 is 2.21 bits per heavy atom. The second-order valence-electron chi connectivity index (χ2n) is 4.10. The third kappa shape index (κ3) is 5.52. The molecule has 5 heteroatoms. The van der Waals surface area contributed by atoms with Gasteiger partial charge in [0.15, 0.2) is 0 Å². The van der Waals surface area contributed by atoms with Crippen LogP contribution in [0.15, 0.2) is 24.3 Å². The Hall–Kier alpha value is -1.88. The van der Waals surface area contributed by atoms with Crippen LogP contribution in [0.1, 0.15) is 18.1 Å². The molecule has 0 aliphatic carbocycles. The van der Waals surface area contributed by atoms with Gasteiger partial charge >= 0.3 is 11.8 Å². The van der Waals surface area contributed by atoms with E-state index in [9.17, 15) is 9.59 Å². The molecule has 1 aromatic rings. The molecule has 0 unspecified atom stereocenters. The van der Waals surface area contributed by atoms with Gasteiger partial charge in [0.2, 0.25) is 0 Å². The SMILES string of the molecule is CCc1ccc(CNC(=O)C(=O)NCCOC)cc1. The van der Waals surface area contributed by atoms with Gasteiger partial charge in [-0.2, -0.15) is 0 Å². The molecule has 0 radical (unpaired) electrons. The van der Waals surface area contributed by atoms with Crippen LogP contribution in [-0.2, 0) is 27.3 Å². The van der Waals surface area contributed by atoms with E-state index in [2.05, 4.69) is 17.6 Å². The molecule has 0 heterocycles. The van der Waals surface area contributed by atoms with Crippen molar-refractivity contribution in [2.75, 3.05) is 20.3 Å². The quantitative estimate of drug-likeness (QED) is 0.585. The molecule has 1 rings (SSSR count). The Bertz CT molecular complexity index is 415. The van der Waals surface area contributed by atoms with Crippen molar-refractivity contribution in [1.82, 2.24) is 10.6 Å². The molecule has 5 nitrogen and oxygen atoms in total. The Morgan fingerprint density at radius 2 is 1.63 bits per heavy atom. The van der Waals surface area contributed by atoms with Crippen LogP contribution in [0.5, 0.6) is 0 Å². The van der Waals surface area contributed by atoms with Crippen molar-refractivity contribution in [3.05, 3.63) is 35.4 Å². The van der Waals surface area contributed by atoms with Gasteiger partial charge in [0, 0.05) is 20.2 Å². The number of carbonyl (C=O) groups excluding carboxylic acids is 2. The maximum atomic E-state index is 11.5. The van der Waals surface area contributed by atoms with E-state index in [0.29, 0.717) is 19.7 Å². The molecule has 0 spiro atoms. The fourth-order valence-corrected chi connectivity index (χ4v) is 1.50. The summed E-state index contributed by atoms with van der Waals surface area (Å²) < 4.78 is 4.78. The first-order valence-corrected chi connectivity index (χ1v) is 6.30. The van der Waals surface area contributed by atoms with Crippen LogP contribution < -0.4 is 10.6 Å². The van der Waals surface area contributed by atoms with Crippen LogP contribution in [0.4, 0.5) is 0 Å². The number of ether oxygens (including phenoxy) is 1. The van der Waals surface area contributed by atoms with Gasteiger partial charge in [0.05, 0.1) is 6.61 Å². The number of nitrogens with one attached hydrogen (secondary N) is 2. The number of aryl methyl sites for hydroxylation is 1. The minimum atomic E-state index is -0.637. The Kier molecular flexibility index (Phi) is 6.60. The van der Waals surface area contributed by atoms with Gasteiger partial charge in [-0.05, 0) is 17.5 Å². The fraction of sp³-hybridized carbons (Fsp3) is 0.429. The standard InChI is InChI=1S/C14H20N2O3/c1-3-11-4-6-12(7-5-11)10-16-14(18)13(17)15-8-9-19-2/h4-7H,3,8-10H2,1-2H3,(H,15,17)(H,16,18). The average Bonchev–Trinajstić information content (AvgIpc) is 2.45. The molecule has 19 heavy (non-hydrogen) atoms. The van der Waals surface area contributed by atoms with Gasteiger partial charge in [0.1, 0.15) is 0 Å². The molecule has 104 valence electrons. The van der Waals surface area contributed by atoms with E-state index >= 15 is 0 Å². The Labute approximate surface area is 113 Å². The Morgan fingerprint density at radius 1 is 1.05 bits per heavy atom. The molecule has 2 N–H and O–H groups in total. The summed E-state index contributed by atoms with van der Waals surface area (Å²) in [4.78, 5) is 22.8. The lowest BCUT2D eigenvalue weighted by Gasteiger charge is -2.06. The first-order chi connectivity index (χ1) is 9.17. The monoisotopic (exact) mass is 264 g/mol. The normalized spacial score (nSPS) is 10.0. The summed E-state index contributed by atoms with van der Waals surface area (Å²) in [5.41, 5.74) is 2.21. The number of amides is 2. The maximum absolute atomic E-state index is 11.5. The van der Waals surface area contributed by atoms with Crippen molar-refractivity contribution >= 4 is 11.8 Å². The minimum absolute atomic E-state index is 0.327. The Balaban J connectivity index is 2.34. The zero-order valence-corrected chi connectivity index (χ0v) is 11.4. The zero-order valence-electron chi connectivity index (χ0n) is 11.4. The van der Waals surface area contributed by atoms with Crippen molar-refractivity contribution in [2.45, 2.75) is 19.9 Å². The molecule has 0 aromatic heterocycles. The number of benzene rings is 1. The molecule has 0 saturated carbocycles. The lowest BCUT2D eigenvalue weighted by Crippen LogP contribution is -2.40. The molecule has 0 atom stereocenters. The first-order valence-electron chi connectivity index (χ1n) is 6.30. The zero-order chi connectivity index (χ0) is 14.1. The van der Waals surface area contributed by atoms with Crippen molar-refractivity contribution in [3.8, 4) is 0 Å². The van der Waals surface area contributed by atoms with Gasteiger partial charge in [-0.15, -0.1) is 0 Å². The number of carbonyl (C=O) groups is 2. The lowest BCUT2D eigenvalue weighted by atomic mass is 10.1. The smallest absolute Gasteiger partial charge is 0.309 e. The predicted molar refractivity (Wildman–Crippen MR) is 72.6 cm³/mol. The molecular weight excluding hydrogens is 244 g/mol. The highest BCUT2D eigenvalue weighted by Gasteiger charge is 2.11. The summed E-state index contributed by atoms with van der Waals surface area (Å²) in [6, 6.07) is 7.92. The van der Waals surface area contributed by atoms with E-state index < -0.39 is 11.8 Å². The highest BCUT2D eigenvalue weighted by molar-refractivity contribution is 6.35. The van der Waals surface area contributed by atoms with Crippen molar-refractivity contribution < 1.29 is 14.3 Å². The van der Waals surface area contributed by atoms with Crippen LogP contribution >= 0.6 is 0 Å². The van der Waals surface area contributed by atoms with Crippen LogP contribution in [-0.4, -0.2) is 32.1 Å². The van der Waals surface area contributed by atoms with E-state index in [1.54, 1.807) is 0 Å². The van der Waals surface area contributed by atoms with E-state index in [1.807, 2.05) is 24.3 Å². The summed E-state index contributed by atoms with van der Waals surface area (Å²) in [5, 5.41) is 5.03. The van der Waals surface area contributed by atoms with Gasteiger partial charge in [0.25, 0.3) is 0 Å². The van der Waals surface area contributed by atoms with E-state index in [1.165, 1.54) is 12.7 Å². The van der Waals surface area contributed by atoms with E-state index in [-0.39, 0.29) is 0 Å². The van der Waals surface area contributed by atoms with Crippen LogP contribution in [0, 0.1) is 0 Å². The van der Waals surface area contributed by atoms with Crippen LogP contribution in [0.3, 0.4) is 0 Å². The first kappa shape index (κ1) is 15.2. The maximum Gasteiger partial charge on any atom is 0.309 e. The van der Waals surface area contributed by atoms with Crippen LogP contribution in [0.25, 0.3) is 0 Å². The molecule has 1 aromatic carbocycles. The third-order valence-electron chi connectivity index (χ3n) is 2.68. The van der Waals surface area contributed by atoms with Crippen molar-refractivity contribution in [3.63, 3.8) is 0 Å². The van der Waals surface area contributed by atoms with E-state index in [4.69, 9.17) is 4.74 Å². The molecule has 2 amide bonds. The second-order valence-corrected chi connectivity index (χ2v) is 4.10. The summed E-state index contributed by atoms with van der Waals surface area (Å²) in [5.74, 6) is -1.27. The highest BCUT2D eigenvalue weighted by Crippen LogP contribution is 2.04. The largest absolute Gasteiger partial charge is 0.383 e. The third-order valence-corrected chi connectivity index (χ3v) is 2.68. The topological polar surface area (TPSA) is 67.4 Å². The summed E-state index contributed by atoms with van der Waals surface area (Å²) in [6.07, 6.45) is 0.981. The highest BCUT2D eigenvalue weighted by atomic mass is 16.5. The van der Waals surface area contributed by atoms with Gasteiger partial charge in [-0.3, -0.25) is 9.59 Å². The average molecular weight is 264 g/mol. The van der Waals surface area contributed by atoms with Gasteiger partial charge in [-0.1, -0.05) is 31.2 Å². The number of rotatable bonds is 6. The van der Waals surface area contributed by atoms with Crippen molar-refractivity contribution in [2.24, 2.45) is 0 Å². The number of hydrogen-bond acceptors (Lipinski definition) is 3. The number of hydrogen-bond donors (Lipinski definition) is 2. The van der Waals surface area contributed by atoms with Crippen LogP contribution in [0.2, 0.25) is 0 Å². The van der Waals surface area contributed by atoms with Gasteiger partial charge in [-0.25, -0.2) is 0 Å². The summed E-state index contributed by atoms with van der Waals surface area (Å²) in [6.45, 7) is 3.15. The molecule has 0 saturated heterocycles. The predicted octanol–water partition coefficient (Wildman–Crippen LogP) is 0.628.